The van der Waals surface area contributed by atoms with Crippen molar-refractivity contribution in [1.29, 1.82) is 0 Å². The van der Waals surface area contributed by atoms with E-state index in [-0.39, 0.29) is 0 Å². The monoisotopic (exact) mass is 223 g/mol. The first kappa shape index (κ1) is 11.3. The Labute approximate surface area is 96.6 Å². The zero-order chi connectivity index (χ0) is 11.7. The molecule has 1 aliphatic heterocycles. The van der Waals surface area contributed by atoms with Gasteiger partial charge in [0.15, 0.2) is 5.82 Å². The van der Waals surface area contributed by atoms with E-state index in [4.69, 9.17) is 5.73 Å². The van der Waals surface area contributed by atoms with Gasteiger partial charge in [-0.1, -0.05) is 13.8 Å². The van der Waals surface area contributed by atoms with Gasteiger partial charge in [0.2, 0.25) is 0 Å². The molecule has 0 atom stereocenters. The van der Waals surface area contributed by atoms with E-state index < -0.39 is 0 Å². The quantitative estimate of drug-likeness (QED) is 0.768. The van der Waals surface area contributed by atoms with Gasteiger partial charge in [0.25, 0.3) is 0 Å². The minimum atomic E-state index is 0.378. The van der Waals surface area contributed by atoms with Crippen LogP contribution in [0.1, 0.15) is 25.5 Å². The van der Waals surface area contributed by atoms with Gasteiger partial charge in [-0.25, -0.2) is 0 Å². The van der Waals surface area contributed by atoms with Crippen LogP contribution in [0.3, 0.4) is 0 Å². The van der Waals surface area contributed by atoms with Crippen LogP contribution < -0.4 is 16.0 Å². The van der Waals surface area contributed by atoms with Crippen molar-refractivity contribution in [2.24, 2.45) is 7.05 Å². The minimum Gasteiger partial charge on any atom is -0.394 e. The third kappa shape index (κ3) is 1.87. The third-order valence-electron chi connectivity index (χ3n) is 3.04. The van der Waals surface area contributed by atoms with Crippen LogP contribution in [0.5, 0.6) is 0 Å². The smallest absolute Gasteiger partial charge is 0.150 e. The van der Waals surface area contributed by atoms with Gasteiger partial charge in [0.1, 0.15) is 0 Å². The highest BCUT2D eigenvalue weighted by molar-refractivity contribution is 5.67. The third-order valence-corrected chi connectivity index (χ3v) is 3.04. The Morgan fingerprint density at radius 3 is 2.44 bits per heavy atom. The number of aromatic nitrogens is 2. The van der Waals surface area contributed by atoms with Crippen molar-refractivity contribution in [2.45, 2.75) is 19.8 Å². The number of anilines is 2. The number of hydrogen-bond donors (Lipinski definition) is 2. The Kier molecular flexibility index (Phi) is 3.05. The number of nitrogen functional groups attached to an aromatic ring is 1. The molecule has 0 amide bonds. The highest BCUT2D eigenvalue weighted by Gasteiger charge is 2.21. The molecule has 2 heterocycles. The average Bonchev–Trinajstić information content (AvgIpc) is 2.56. The molecule has 1 fully saturated rings. The van der Waals surface area contributed by atoms with Crippen molar-refractivity contribution in [1.82, 2.24) is 15.1 Å². The summed E-state index contributed by atoms with van der Waals surface area (Å²) in [6, 6.07) is 0. The van der Waals surface area contributed by atoms with Crippen LogP contribution in [0.25, 0.3) is 0 Å². The van der Waals surface area contributed by atoms with E-state index in [0.29, 0.717) is 5.92 Å². The molecule has 5 nitrogen and oxygen atoms in total. The Morgan fingerprint density at radius 1 is 1.31 bits per heavy atom. The van der Waals surface area contributed by atoms with Crippen LogP contribution in [0.2, 0.25) is 0 Å². The van der Waals surface area contributed by atoms with Crippen molar-refractivity contribution in [3.63, 3.8) is 0 Å². The highest BCUT2D eigenvalue weighted by atomic mass is 15.4. The molecular formula is C11H21N5. The number of nitrogens with zero attached hydrogens (tertiary/aromatic N) is 3. The van der Waals surface area contributed by atoms with E-state index in [9.17, 15) is 0 Å². The Hall–Kier alpha value is -1.23. The van der Waals surface area contributed by atoms with Gasteiger partial charge in [-0.3, -0.25) is 4.68 Å². The molecule has 2 rings (SSSR count). The van der Waals surface area contributed by atoms with Gasteiger partial charge >= 0.3 is 0 Å². The molecule has 90 valence electrons. The van der Waals surface area contributed by atoms with Crippen LogP contribution in [-0.4, -0.2) is 36.0 Å². The van der Waals surface area contributed by atoms with Crippen molar-refractivity contribution >= 4 is 11.5 Å². The molecule has 0 aliphatic carbocycles. The first-order valence-electron chi connectivity index (χ1n) is 5.89. The fourth-order valence-electron chi connectivity index (χ4n) is 2.23. The number of rotatable bonds is 2. The second-order valence-corrected chi connectivity index (χ2v) is 4.64. The lowest BCUT2D eigenvalue weighted by Gasteiger charge is -2.29. The van der Waals surface area contributed by atoms with Gasteiger partial charge in [-0.05, 0) is 5.92 Å². The van der Waals surface area contributed by atoms with Crippen LogP contribution >= 0.6 is 0 Å². The maximum absolute atomic E-state index is 6.19. The van der Waals surface area contributed by atoms with E-state index in [1.807, 2.05) is 11.7 Å². The lowest BCUT2D eigenvalue weighted by Crippen LogP contribution is -2.44. The van der Waals surface area contributed by atoms with Gasteiger partial charge in [-0.15, -0.1) is 0 Å². The van der Waals surface area contributed by atoms with Crippen LogP contribution in [0.4, 0.5) is 11.5 Å². The van der Waals surface area contributed by atoms with Gasteiger partial charge in [0.05, 0.1) is 11.4 Å². The number of nitrogens with two attached hydrogens (primary N) is 1. The van der Waals surface area contributed by atoms with Gasteiger partial charge in [0, 0.05) is 33.2 Å². The molecule has 5 heteroatoms. The summed E-state index contributed by atoms with van der Waals surface area (Å²) in [5.41, 5.74) is 8.05. The number of aryl methyl sites for hydroxylation is 1. The lowest BCUT2D eigenvalue weighted by atomic mass is 10.1. The summed E-state index contributed by atoms with van der Waals surface area (Å²) in [6.07, 6.45) is 0. The fourth-order valence-corrected chi connectivity index (χ4v) is 2.23. The summed E-state index contributed by atoms with van der Waals surface area (Å²) in [4.78, 5) is 2.31. The summed E-state index contributed by atoms with van der Waals surface area (Å²) in [5.74, 6) is 1.45. The standard InChI is InChI=1S/C11H21N5/c1-8(2)10-9(12)11(15(3)14-10)16-6-4-13-5-7-16/h8,13H,4-7,12H2,1-3H3. The van der Waals surface area contributed by atoms with Gasteiger partial charge < -0.3 is 16.0 Å². The molecular weight excluding hydrogens is 202 g/mol. The van der Waals surface area contributed by atoms with Crippen molar-refractivity contribution in [2.75, 3.05) is 36.8 Å². The number of piperazine rings is 1. The zero-order valence-electron chi connectivity index (χ0n) is 10.3. The van der Waals surface area contributed by atoms with E-state index in [2.05, 4.69) is 29.2 Å². The molecule has 16 heavy (non-hydrogen) atoms. The molecule has 1 saturated heterocycles. The average molecular weight is 223 g/mol. The normalized spacial score (nSPS) is 17.1. The van der Waals surface area contributed by atoms with Crippen molar-refractivity contribution < 1.29 is 0 Å². The number of nitrogens with one attached hydrogen (secondary N) is 1. The molecule has 0 bridgehead atoms. The molecule has 3 N–H and O–H groups in total. The lowest BCUT2D eigenvalue weighted by molar-refractivity contribution is 0.572. The second kappa shape index (κ2) is 4.33. The first-order valence-corrected chi connectivity index (χ1v) is 5.89. The maximum Gasteiger partial charge on any atom is 0.150 e. The Morgan fingerprint density at radius 2 is 1.94 bits per heavy atom. The maximum atomic E-state index is 6.19. The summed E-state index contributed by atoms with van der Waals surface area (Å²) < 4.78 is 1.91. The molecule has 1 aliphatic rings. The molecule has 0 aromatic carbocycles. The second-order valence-electron chi connectivity index (χ2n) is 4.64. The Balaban J connectivity index is 2.32. The zero-order valence-corrected chi connectivity index (χ0v) is 10.3. The predicted octanol–water partition coefficient (Wildman–Crippen LogP) is 0.535. The highest BCUT2D eigenvalue weighted by Crippen LogP contribution is 2.30. The largest absolute Gasteiger partial charge is 0.394 e. The summed E-state index contributed by atoms with van der Waals surface area (Å²) in [7, 11) is 1.97. The molecule has 1 aromatic heterocycles. The summed E-state index contributed by atoms with van der Waals surface area (Å²) in [6.45, 7) is 8.28. The summed E-state index contributed by atoms with van der Waals surface area (Å²) >= 11 is 0. The van der Waals surface area contributed by atoms with E-state index in [1.165, 1.54) is 0 Å². The number of hydrogen-bond acceptors (Lipinski definition) is 4. The van der Waals surface area contributed by atoms with E-state index in [1.54, 1.807) is 0 Å². The van der Waals surface area contributed by atoms with Crippen molar-refractivity contribution in [3.8, 4) is 0 Å². The molecule has 0 unspecified atom stereocenters. The van der Waals surface area contributed by atoms with Crippen LogP contribution in [0, 0.1) is 0 Å². The van der Waals surface area contributed by atoms with E-state index in [0.717, 1.165) is 43.4 Å². The Bertz CT molecular complexity index is 363. The SMILES string of the molecule is CC(C)c1nn(C)c(N2CCNCC2)c1N. The predicted molar refractivity (Wildman–Crippen MR) is 66.8 cm³/mol. The van der Waals surface area contributed by atoms with Crippen LogP contribution in [0.15, 0.2) is 0 Å². The fraction of sp³-hybridized carbons (Fsp3) is 0.727. The molecule has 0 saturated carbocycles. The van der Waals surface area contributed by atoms with Crippen LogP contribution in [-0.2, 0) is 7.05 Å². The van der Waals surface area contributed by atoms with E-state index >= 15 is 0 Å². The molecule has 0 spiro atoms. The first-order chi connectivity index (χ1) is 7.61. The van der Waals surface area contributed by atoms with Gasteiger partial charge in [-0.2, -0.15) is 5.10 Å². The molecule has 0 radical (unpaired) electrons. The topological polar surface area (TPSA) is 59.1 Å². The minimum absolute atomic E-state index is 0.378. The van der Waals surface area contributed by atoms with Crippen molar-refractivity contribution in [3.05, 3.63) is 5.69 Å². The summed E-state index contributed by atoms with van der Waals surface area (Å²) in [5, 5.41) is 7.86. The molecule has 1 aromatic rings.